The number of hydrogen-bond donors (Lipinski definition) is 1. The van der Waals surface area contributed by atoms with E-state index in [1.807, 2.05) is 32.9 Å². The minimum absolute atomic E-state index is 0.160. The van der Waals surface area contributed by atoms with Crippen molar-refractivity contribution < 1.29 is 18.7 Å². The zero-order valence-electron chi connectivity index (χ0n) is 18.4. The standard InChI is InChI=1S/C22H26N6O4/c1-14-12-15(2)28(26-14)19-13-18(23-21(25-19)17-8-7-16(3)32-17)24-22(30)31-11-5-10-27-9-4-6-20(27)29/h7-8,12-13H,4-6,9-11H2,1-3H3,(H,23,24,25,30). The number of likely N-dealkylation sites (tertiary alicyclic amines) is 1. The number of nitrogens with zero attached hydrogens (tertiary/aromatic N) is 5. The molecule has 1 N–H and O–H groups in total. The summed E-state index contributed by atoms with van der Waals surface area (Å²) in [7, 11) is 0. The fourth-order valence-corrected chi connectivity index (χ4v) is 3.63. The van der Waals surface area contributed by atoms with Crippen LogP contribution in [-0.4, -0.2) is 56.3 Å². The average molecular weight is 438 g/mol. The lowest BCUT2D eigenvalue weighted by molar-refractivity contribution is -0.127. The first kappa shape index (κ1) is 21.5. The van der Waals surface area contributed by atoms with Crippen LogP contribution in [0.3, 0.4) is 0 Å². The summed E-state index contributed by atoms with van der Waals surface area (Å²) >= 11 is 0. The van der Waals surface area contributed by atoms with Crippen LogP contribution in [0.5, 0.6) is 0 Å². The molecule has 1 saturated heterocycles. The smallest absolute Gasteiger partial charge is 0.412 e. The van der Waals surface area contributed by atoms with Crippen LogP contribution in [0.2, 0.25) is 0 Å². The molecule has 0 atom stereocenters. The van der Waals surface area contributed by atoms with Crippen LogP contribution < -0.4 is 5.32 Å². The molecule has 0 aromatic carbocycles. The van der Waals surface area contributed by atoms with Gasteiger partial charge in [0.1, 0.15) is 11.6 Å². The van der Waals surface area contributed by atoms with Gasteiger partial charge in [-0.15, -0.1) is 0 Å². The Hall–Kier alpha value is -3.69. The fourth-order valence-electron chi connectivity index (χ4n) is 3.63. The Kier molecular flexibility index (Phi) is 6.20. The molecular formula is C22H26N6O4. The van der Waals surface area contributed by atoms with Crippen molar-refractivity contribution in [3.63, 3.8) is 0 Å². The van der Waals surface area contributed by atoms with Gasteiger partial charge >= 0.3 is 6.09 Å². The topological polar surface area (TPSA) is 115 Å². The van der Waals surface area contributed by atoms with Gasteiger partial charge in [0, 0.05) is 31.3 Å². The normalized spacial score (nSPS) is 13.6. The Morgan fingerprint density at radius 3 is 2.72 bits per heavy atom. The van der Waals surface area contributed by atoms with E-state index in [0.717, 1.165) is 30.1 Å². The lowest BCUT2D eigenvalue weighted by Gasteiger charge is -2.15. The molecule has 3 aromatic rings. The third-order valence-electron chi connectivity index (χ3n) is 5.11. The van der Waals surface area contributed by atoms with Crippen molar-refractivity contribution in [2.75, 3.05) is 25.0 Å². The van der Waals surface area contributed by atoms with Gasteiger partial charge in [-0.3, -0.25) is 10.1 Å². The number of anilines is 1. The molecule has 1 aliphatic heterocycles. The average Bonchev–Trinajstić information content (AvgIpc) is 3.45. The first-order valence-corrected chi connectivity index (χ1v) is 10.6. The lowest BCUT2D eigenvalue weighted by Crippen LogP contribution is -2.27. The minimum atomic E-state index is -0.627. The summed E-state index contributed by atoms with van der Waals surface area (Å²) in [5, 5.41) is 7.12. The second kappa shape index (κ2) is 9.21. The first-order valence-electron chi connectivity index (χ1n) is 10.6. The molecule has 0 bridgehead atoms. The Morgan fingerprint density at radius 2 is 2.06 bits per heavy atom. The van der Waals surface area contributed by atoms with Gasteiger partial charge in [-0.05, 0) is 51.8 Å². The Balaban J connectivity index is 1.47. The van der Waals surface area contributed by atoms with E-state index >= 15 is 0 Å². The van der Waals surface area contributed by atoms with E-state index in [-0.39, 0.29) is 18.3 Å². The van der Waals surface area contributed by atoms with Crippen molar-refractivity contribution in [2.45, 2.75) is 40.0 Å². The highest BCUT2D eigenvalue weighted by molar-refractivity contribution is 5.84. The van der Waals surface area contributed by atoms with Crippen molar-refractivity contribution in [1.29, 1.82) is 0 Å². The van der Waals surface area contributed by atoms with Crippen LogP contribution in [0.4, 0.5) is 10.6 Å². The van der Waals surface area contributed by atoms with Crippen molar-refractivity contribution in [3.05, 3.63) is 41.4 Å². The SMILES string of the molecule is Cc1cc(C)n(-c2cc(NC(=O)OCCCN3CCCC3=O)nc(-c3ccc(C)o3)n2)n1. The molecule has 0 spiro atoms. The third kappa shape index (κ3) is 4.96. The minimum Gasteiger partial charge on any atom is -0.458 e. The van der Waals surface area contributed by atoms with Crippen molar-refractivity contribution in [1.82, 2.24) is 24.6 Å². The van der Waals surface area contributed by atoms with Crippen LogP contribution in [0.15, 0.2) is 28.7 Å². The third-order valence-corrected chi connectivity index (χ3v) is 5.11. The maximum absolute atomic E-state index is 12.3. The van der Waals surface area contributed by atoms with Crippen molar-refractivity contribution in [3.8, 4) is 17.4 Å². The Bertz CT molecular complexity index is 1140. The summed E-state index contributed by atoms with van der Waals surface area (Å²) in [4.78, 5) is 34.7. The number of aromatic nitrogens is 4. The number of carbonyl (C=O) groups excluding carboxylic acids is 2. The van der Waals surface area contributed by atoms with Gasteiger partial charge in [0.05, 0.1) is 12.3 Å². The maximum Gasteiger partial charge on any atom is 0.412 e. The molecule has 3 aromatic heterocycles. The van der Waals surface area contributed by atoms with E-state index in [4.69, 9.17) is 9.15 Å². The van der Waals surface area contributed by atoms with E-state index in [9.17, 15) is 9.59 Å². The fraction of sp³-hybridized carbons (Fsp3) is 0.409. The van der Waals surface area contributed by atoms with Crippen molar-refractivity contribution >= 4 is 17.8 Å². The second-order valence-corrected chi connectivity index (χ2v) is 7.78. The van der Waals surface area contributed by atoms with E-state index in [1.165, 1.54) is 0 Å². The Morgan fingerprint density at radius 1 is 1.22 bits per heavy atom. The molecule has 1 fully saturated rings. The zero-order valence-corrected chi connectivity index (χ0v) is 18.4. The molecule has 2 amide bonds. The van der Waals surface area contributed by atoms with E-state index in [0.29, 0.717) is 36.8 Å². The molecule has 10 heteroatoms. The number of rotatable bonds is 7. The van der Waals surface area contributed by atoms with Gasteiger partial charge < -0.3 is 14.1 Å². The molecule has 4 rings (SSSR count). The molecule has 0 aliphatic carbocycles. The molecule has 168 valence electrons. The van der Waals surface area contributed by atoms with Crippen LogP contribution >= 0.6 is 0 Å². The largest absolute Gasteiger partial charge is 0.458 e. The monoisotopic (exact) mass is 438 g/mol. The van der Waals surface area contributed by atoms with Crippen molar-refractivity contribution in [2.24, 2.45) is 0 Å². The maximum atomic E-state index is 12.3. The number of amides is 2. The quantitative estimate of drug-likeness (QED) is 0.562. The zero-order chi connectivity index (χ0) is 22.7. The summed E-state index contributed by atoms with van der Waals surface area (Å²) in [5.41, 5.74) is 1.75. The highest BCUT2D eigenvalue weighted by Crippen LogP contribution is 2.23. The van der Waals surface area contributed by atoms with Gasteiger partial charge in [-0.1, -0.05) is 0 Å². The summed E-state index contributed by atoms with van der Waals surface area (Å²) < 4.78 is 12.6. The predicted molar refractivity (Wildman–Crippen MR) is 116 cm³/mol. The van der Waals surface area contributed by atoms with E-state index in [1.54, 1.807) is 21.7 Å². The van der Waals surface area contributed by atoms with Crippen LogP contribution in [0.25, 0.3) is 17.4 Å². The van der Waals surface area contributed by atoms with Gasteiger partial charge in [0.2, 0.25) is 5.91 Å². The number of aryl methyl sites for hydroxylation is 3. The van der Waals surface area contributed by atoms with Crippen LogP contribution in [0.1, 0.15) is 36.4 Å². The van der Waals surface area contributed by atoms with Crippen LogP contribution in [-0.2, 0) is 9.53 Å². The van der Waals surface area contributed by atoms with Gasteiger partial charge in [0.25, 0.3) is 0 Å². The highest BCUT2D eigenvalue weighted by Gasteiger charge is 2.19. The number of ether oxygens (including phenoxy) is 1. The molecule has 10 nitrogen and oxygen atoms in total. The summed E-state index contributed by atoms with van der Waals surface area (Å²) in [6.07, 6.45) is 1.45. The molecule has 32 heavy (non-hydrogen) atoms. The Labute approximate surface area is 185 Å². The van der Waals surface area contributed by atoms with Gasteiger partial charge in [-0.25, -0.2) is 19.4 Å². The highest BCUT2D eigenvalue weighted by atomic mass is 16.5. The summed E-state index contributed by atoms with van der Waals surface area (Å²) in [6, 6.07) is 7.16. The number of furan rings is 1. The molecule has 4 heterocycles. The number of hydrogen-bond acceptors (Lipinski definition) is 7. The number of nitrogens with one attached hydrogen (secondary N) is 1. The second-order valence-electron chi connectivity index (χ2n) is 7.78. The van der Waals surface area contributed by atoms with Crippen LogP contribution in [0, 0.1) is 20.8 Å². The summed E-state index contributed by atoms with van der Waals surface area (Å²) in [6.45, 7) is 7.22. The molecular weight excluding hydrogens is 412 g/mol. The lowest BCUT2D eigenvalue weighted by atomic mass is 10.4. The van der Waals surface area contributed by atoms with E-state index in [2.05, 4.69) is 20.4 Å². The van der Waals surface area contributed by atoms with Gasteiger partial charge in [-0.2, -0.15) is 5.10 Å². The molecule has 0 radical (unpaired) electrons. The molecule has 0 unspecified atom stereocenters. The van der Waals surface area contributed by atoms with Gasteiger partial charge in [0.15, 0.2) is 17.4 Å². The predicted octanol–water partition coefficient (Wildman–Crippen LogP) is 3.41. The molecule has 0 saturated carbocycles. The summed E-state index contributed by atoms with van der Waals surface area (Å²) in [5.74, 6) is 2.46. The number of carbonyl (C=O) groups is 2. The first-order chi connectivity index (χ1) is 15.4. The molecule has 1 aliphatic rings. The van der Waals surface area contributed by atoms with E-state index < -0.39 is 6.09 Å².